The number of ether oxygens (including phenoxy) is 1. The fraction of sp³-hybridized carbons (Fsp3) is 0.333. The molecule has 4 rings (SSSR count). The van der Waals surface area contributed by atoms with Gasteiger partial charge in [0.2, 0.25) is 0 Å². The number of thiazole rings is 1. The average Bonchev–Trinajstić information content (AvgIpc) is 3.29. The Morgan fingerprint density at radius 2 is 2.15 bits per heavy atom. The molecule has 1 aliphatic rings. The second kappa shape index (κ2) is 7.85. The summed E-state index contributed by atoms with van der Waals surface area (Å²) in [5, 5.41) is 0.749. The van der Waals surface area contributed by atoms with Crippen molar-refractivity contribution in [2.24, 2.45) is 0 Å². The maximum Gasteiger partial charge on any atom is 0.261 e. The van der Waals surface area contributed by atoms with Gasteiger partial charge in [0.15, 0.2) is 5.13 Å². The number of fused-ring (bicyclic) bond motifs is 1. The number of aromatic nitrogens is 1. The molecule has 6 heteroatoms. The van der Waals surface area contributed by atoms with Gasteiger partial charge < -0.3 is 4.74 Å². The molecule has 1 aromatic heterocycles. The minimum atomic E-state index is -0.0102. The van der Waals surface area contributed by atoms with Crippen molar-refractivity contribution in [3.63, 3.8) is 0 Å². The van der Waals surface area contributed by atoms with E-state index in [0.29, 0.717) is 12.1 Å². The van der Waals surface area contributed by atoms with Gasteiger partial charge in [0, 0.05) is 10.2 Å². The van der Waals surface area contributed by atoms with Gasteiger partial charge in [-0.15, -0.1) is 0 Å². The van der Waals surface area contributed by atoms with Crippen LogP contribution in [0.5, 0.6) is 0 Å². The van der Waals surface area contributed by atoms with Crippen LogP contribution in [0.3, 0.4) is 0 Å². The molecular formula is C21H21IN2O2S. The van der Waals surface area contributed by atoms with E-state index in [9.17, 15) is 4.79 Å². The van der Waals surface area contributed by atoms with Crippen molar-refractivity contribution in [2.45, 2.75) is 32.8 Å². The molecule has 27 heavy (non-hydrogen) atoms. The van der Waals surface area contributed by atoms with Crippen LogP contribution in [0.2, 0.25) is 0 Å². The molecule has 1 saturated heterocycles. The summed E-state index contributed by atoms with van der Waals surface area (Å²) in [6, 6.07) is 12.0. The fourth-order valence-electron chi connectivity index (χ4n) is 3.50. The van der Waals surface area contributed by atoms with Crippen LogP contribution in [0.15, 0.2) is 36.4 Å². The van der Waals surface area contributed by atoms with Crippen LogP contribution < -0.4 is 4.90 Å². The summed E-state index contributed by atoms with van der Waals surface area (Å²) in [6.45, 7) is 5.49. The molecule has 0 saturated carbocycles. The number of carbonyl (C=O) groups is 1. The Morgan fingerprint density at radius 1 is 1.33 bits per heavy atom. The van der Waals surface area contributed by atoms with Gasteiger partial charge in [0.25, 0.3) is 5.91 Å². The Kier molecular flexibility index (Phi) is 5.48. The number of benzene rings is 2. The minimum absolute atomic E-state index is 0.0102. The first-order valence-electron chi connectivity index (χ1n) is 9.08. The van der Waals surface area contributed by atoms with E-state index in [4.69, 9.17) is 9.72 Å². The zero-order valence-electron chi connectivity index (χ0n) is 15.4. The zero-order chi connectivity index (χ0) is 19.0. The number of amides is 1. The summed E-state index contributed by atoms with van der Waals surface area (Å²) >= 11 is 3.81. The number of halogens is 1. The lowest BCUT2D eigenvalue weighted by Gasteiger charge is -2.23. The summed E-state index contributed by atoms with van der Waals surface area (Å²) in [6.07, 6.45) is 2.11. The van der Waals surface area contributed by atoms with Crippen LogP contribution in [0.25, 0.3) is 10.2 Å². The zero-order valence-corrected chi connectivity index (χ0v) is 18.3. The largest absolute Gasteiger partial charge is 0.376 e. The Balaban J connectivity index is 1.76. The summed E-state index contributed by atoms with van der Waals surface area (Å²) in [4.78, 5) is 20.0. The van der Waals surface area contributed by atoms with Crippen LogP contribution in [0.1, 0.15) is 34.3 Å². The molecule has 1 atom stereocenters. The van der Waals surface area contributed by atoms with Crippen molar-refractivity contribution in [1.29, 1.82) is 0 Å². The molecule has 1 aliphatic heterocycles. The highest BCUT2D eigenvalue weighted by Crippen LogP contribution is 2.34. The summed E-state index contributed by atoms with van der Waals surface area (Å²) in [7, 11) is 0. The highest BCUT2D eigenvalue weighted by atomic mass is 127. The molecule has 4 nitrogen and oxygen atoms in total. The SMILES string of the molecule is Cc1cc(C)c2sc(N(CC3CCCO3)C(=O)c3ccccc3I)nc2c1. The molecule has 1 unspecified atom stereocenters. The van der Waals surface area contributed by atoms with E-state index >= 15 is 0 Å². The quantitative estimate of drug-likeness (QED) is 0.462. The number of hydrogen-bond acceptors (Lipinski definition) is 4. The lowest BCUT2D eigenvalue weighted by Crippen LogP contribution is -2.37. The van der Waals surface area contributed by atoms with E-state index < -0.39 is 0 Å². The van der Waals surface area contributed by atoms with E-state index in [-0.39, 0.29) is 12.0 Å². The first kappa shape index (κ1) is 18.8. The number of aryl methyl sites for hydroxylation is 2. The predicted octanol–water partition coefficient (Wildman–Crippen LogP) is 5.34. The molecular weight excluding hydrogens is 471 g/mol. The first-order chi connectivity index (χ1) is 13.0. The van der Waals surface area contributed by atoms with Crippen molar-refractivity contribution >= 4 is 55.2 Å². The van der Waals surface area contributed by atoms with Gasteiger partial charge in [-0.05, 0) is 78.6 Å². The van der Waals surface area contributed by atoms with E-state index in [2.05, 4.69) is 48.6 Å². The highest BCUT2D eigenvalue weighted by molar-refractivity contribution is 14.1. The second-order valence-electron chi connectivity index (χ2n) is 6.96. The standard InChI is InChI=1S/C21H21IN2O2S/c1-13-10-14(2)19-18(11-13)23-21(27-19)24(12-15-6-5-9-26-15)20(25)16-7-3-4-8-17(16)22/h3-4,7-8,10-11,15H,5-6,9,12H2,1-2H3. The molecule has 140 valence electrons. The van der Waals surface area contributed by atoms with Crippen molar-refractivity contribution in [3.8, 4) is 0 Å². The van der Waals surface area contributed by atoms with Crippen molar-refractivity contribution in [1.82, 2.24) is 4.98 Å². The van der Waals surface area contributed by atoms with Gasteiger partial charge in [-0.1, -0.05) is 29.5 Å². The Labute approximate surface area is 176 Å². The highest BCUT2D eigenvalue weighted by Gasteiger charge is 2.28. The molecule has 2 aromatic carbocycles. The smallest absolute Gasteiger partial charge is 0.261 e. The molecule has 0 N–H and O–H groups in total. The van der Waals surface area contributed by atoms with Gasteiger partial charge in [-0.2, -0.15) is 0 Å². The molecule has 1 amide bonds. The minimum Gasteiger partial charge on any atom is -0.376 e. The van der Waals surface area contributed by atoms with E-state index in [1.165, 1.54) is 11.1 Å². The maximum absolute atomic E-state index is 13.4. The van der Waals surface area contributed by atoms with Crippen LogP contribution in [-0.4, -0.2) is 30.1 Å². The predicted molar refractivity (Wildman–Crippen MR) is 119 cm³/mol. The van der Waals surface area contributed by atoms with Crippen LogP contribution in [0.4, 0.5) is 5.13 Å². The Bertz CT molecular complexity index is 995. The van der Waals surface area contributed by atoms with Crippen LogP contribution in [-0.2, 0) is 4.74 Å². The number of nitrogens with zero attached hydrogens (tertiary/aromatic N) is 2. The van der Waals surface area contributed by atoms with Gasteiger partial charge in [0.05, 0.1) is 28.4 Å². The summed E-state index contributed by atoms with van der Waals surface area (Å²) in [5.41, 5.74) is 4.06. The third-order valence-electron chi connectivity index (χ3n) is 4.80. The molecule has 0 radical (unpaired) electrons. The molecule has 2 heterocycles. The molecule has 0 spiro atoms. The van der Waals surface area contributed by atoms with Crippen LogP contribution >= 0.6 is 33.9 Å². The van der Waals surface area contributed by atoms with E-state index in [1.54, 1.807) is 11.3 Å². The Morgan fingerprint density at radius 3 is 2.89 bits per heavy atom. The number of anilines is 1. The second-order valence-corrected chi connectivity index (χ2v) is 9.10. The normalized spacial score (nSPS) is 16.8. The number of hydrogen-bond donors (Lipinski definition) is 0. The topological polar surface area (TPSA) is 42.4 Å². The van der Waals surface area contributed by atoms with Gasteiger partial charge >= 0.3 is 0 Å². The number of carbonyl (C=O) groups excluding carboxylic acids is 1. The first-order valence-corrected chi connectivity index (χ1v) is 11.0. The van der Waals surface area contributed by atoms with Crippen LogP contribution in [0, 0.1) is 17.4 Å². The monoisotopic (exact) mass is 492 g/mol. The maximum atomic E-state index is 13.4. The lowest BCUT2D eigenvalue weighted by molar-refractivity contribution is 0.0916. The van der Waals surface area contributed by atoms with Gasteiger partial charge in [-0.25, -0.2) is 4.98 Å². The third-order valence-corrected chi connectivity index (χ3v) is 6.97. The Hall–Kier alpha value is -1.51. The fourth-order valence-corrected chi connectivity index (χ4v) is 5.14. The lowest BCUT2D eigenvalue weighted by atomic mass is 10.1. The number of rotatable bonds is 4. The van der Waals surface area contributed by atoms with E-state index in [1.807, 2.05) is 29.2 Å². The van der Waals surface area contributed by atoms with Gasteiger partial charge in [-0.3, -0.25) is 9.69 Å². The molecule has 0 aliphatic carbocycles. The third kappa shape index (κ3) is 3.88. The molecule has 0 bridgehead atoms. The molecule has 3 aromatic rings. The average molecular weight is 492 g/mol. The van der Waals surface area contributed by atoms with Gasteiger partial charge in [0.1, 0.15) is 0 Å². The molecule has 1 fully saturated rings. The van der Waals surface area contributed by atoms with Crippen molar-refractivity contribution in [3.05, 3.63) is 56.7 Å². The van der Waals surface area contributed by atoms with Crippen molar-refractivity contribution in [2.75, 3.05) is 18.1 Å². The summed E-state index contributed by atoms with van der Waals surface area (Å²) < 4.78 is 7.91. The summed E-state index contributed by atoms with van der Waals surface area (Å²) in [5.74, 6) is -0.0102. The van der Waals surface area contributed by atoms with E-state index in [0.717, 1.165) is 38.4 Å². The van der Waals surface area contributed by atoms with Crippen molar-refractivity contribution < 1.29 is 9.53 Å².